The molecule has 0 fully saturated rings. The second kappa shape index (κ2) is 11.4. The second-order valence-electron chi connectivity index (χ2n) is 8.89. The third kappa shape index (κ3) is 5.46. The molecule has 1 N–H and O–H groups in total. The normalized spacial score (nSPS) is 14.8. The molecule has 1 aromatic heterocycles. The molecule has 1 amide bonds. The van der Waals surface area contributed by atoms with E-state index in [1.54, 1.807) is 7.11 Å². The van der Waals surface area contributed by atoms with Gasteiger partial charge in [-0.3, -0.25) is 4.79 Å². The van der Waals surface area contributed by atoms with Crippen molar-refractivity contribution in [3.8, 4) is 17.1 Å². The van der Waals surface area contributed by atoms with Crippen molar-refractivity contribution in [1.82, 2.24) is 20.1 Å². The molecule has 0 saturated heterocycles. The van der Waals surface area contributed by atoms with E-state index in [1.165, 1.54) is 28.5 Å². The first-order valence-electron chi connectivity index (χ1n) is 12.3. The number of benzene rings is 3. The number of aromatic nitrogens is 3. The largest absolute Gasteiger partial charge is 0.496 e. The Morgan fingerprint density at radius 1 is 1.03 bits per heavy atom. The van der Waals surface area contributed by atoms with E-state index < -0.39 is 0 Å². The molecule has 1 heterocycles. The summed E-state index contributed by atoms with van der Waals surface area (Å²) in [5, 5.41) is 13.0. The molecule has 1 aliphatic carbocycles. The first-order chi connectivity index (χ1) is 17.7. The number of hydrogen-bond acceptors (Lipinski definition) is 5. The molecule has 4 aromatic rings. The van der Waals surface area contributed by atoms with Crippen LogP contribution in [0.5, 0.6) is 5.75 Å². The van der Waals surface area contributed by atoms with E-state index in [0.29, 0.717) is 6.54 Å². The summed E-state index contributed by atoms with van der Waals surface area (Å²) in [5.41, 5.74) is 4.70. The Kier molecular flexibility index (Phi) is 7.67. The predicted octanol–water partition coefficient (Wildman–Crippen LogP) is 5.48. The van der Waals surface area contributed by atoms with Crippen LogP contribution < -0.4 is 10.1 Å². The van der Waals surface area contributed by atoms with Gasteiger partial charge in [0.05, 0.1) is 24.5 Å². The van der Waals surface area contributed by atoms with Crippen molar-refractivity contribution in [2.24, 2.45) is 0 Å². The molecule has 1 unspecified atom stereocenters. The van der Waals surface area contributed by atoms with E-state index in [-0.39, 0.29) is 17.7 Å². The topological polar surface area (TPSA) is 69.0 Å². The van der Waals surface area contributed by atoms with Crippen molar-refractivity contribution in [1.29, 1.82) is 0 Å². The van der Waals surface area contributed by atoms with Crippen LogP contribution in [0.15, 0.2) is 84.0 Å². The Hall–Kier alpha value is -3.58. The minimum Gasteiger partial charge on any atom is -0.496 e. The van der Waals surface area contributed by atoms with E-state index in [2.05, 4.69) is 50.4 Å². The zero-order valence-electron chi connectivity index (χ0n) is 20.4. The van der Waals surface area contributed by atoms with Gasteiger partial charge in [0.1, 0.15) is 5.75 Å². The molecule has 1 aliphatic rings. The number of amides is 1. The SMILES string of the molecule is COc1ccccc1-c1nnc(SCC(=O)NC2CCCc3ccccc32)n1CCc1ccccc1. The Morgan fingerprint density at radius 2 is 1.81 bits per heavy atom. The fraction of sp³-hybridized carbons (Fsp3) is 0.276. The summed E-state index contributed by atoms with van der Waals surface area (Å²) in [6.45, 7) is 0.699. The molecule has 0 saturated carbocycles. The van der Waals surface area contributed by atoms with Gasteiger partial charge in [-0.1, -0.05) is 78.5 Å². The number of ether oxygens (including phenoxy) is 1. The minimum absolute atomic E-state index is 0.0122. The summed E-state index contributed by atoms with van der Waals surface area (Å²) in [4.78, 5) is 13.0. The highest BCUT2D eigenvalue weighted by atomic mass is 32.2. The molecular formula is C29H30N4O2S. The average molecular weight is 499 g/mol. The molecule has 36 heavy (non-hydrogen) atoms. The molecule has 7 heteroatoms. The molecule has 0 spiro atoms. The fourth-order valence-electron chi connectivity index (χ4n) is 4.78. The third-order valence-electron chi connectivity index (χ3n) is 6.57. The minimum atomic E-state index is 0.0122. The third-order valence-corrected chi connectivity index (χ3v) is 7.54. The standard InChI is InChI=1S/C29H30N4O2S/c1-35-26-17-8-7-15-24(26)28-31-32-29(33(28)19-18-21-10-3-2-4-11-21)36-20-27(34)30-25-16-9-13-22-12-5-6-14-23(22)25/h2-8,10-12,14-15,17,25H,9,13,16,18-20H2,1H3,(H,30,34). The quantitative estimate of drug-likeness (QED) is 0.309. The summed E-state index contributed by atoms with van der Waals surface area (Å²) in [6, 6.07) is 26.7. The zero-order chi connectivity index (χ0) is 24.7. The van der Waals surface area contributed by atoms with Crippen molar-refractivity contribution >= 4 is 17.7 Å². The van der Waals surface area contributed by atoms with Crippen LogP contribution in [0.1, 0.15) is 35.6 Å². The number of fused-ring (bicyclic) bond motifs is 1. The maximum absolute atomic E-state index is 13.0. The lowest BCUT2D eigenvalue weighted by molar-refractivity contribution is -0.119. The van der Waals surface area contributed by atoms with Crippen LogP contribution in [0, 0.1) is 0 Å². The zero-order valence-corrected chi connectivity index (χ0v) is 21.2. The van der Waals surface area contributed by atoms with Crippen LogP contribution in [0.3, 0.4) is 0 Å². The highest BCUT2D eigenvalue weighted by Crippen LogP contribution is 2.32. The maximum Gasteiger partial charge on any atom is 0.230 e. The van der Waals surface area contributed by atoms with E-state index in [1.807, 2.05) is 48.5 Å². The van der Waals surface area contributed by atoms with Crippen molar-refractivity contribution in [2.45, 2.75) is 43.4 Å². The summed E-state index contributed by atoms with van der Waals surface area (Å²) in [6.07, 6.45) is 3.97. The Bertz CT molecular complexity index is 1320. The molecule has 6 nitrogen and oxygen atoms in total. The Morgan fingerprint density at radius 3 is 2.67 bits per heavy atom. The van der Waals surface area contributed by atoms with Crippen molar-refractivity contribution in [2.75, 3.05) is 12.9 Å². The van der Waals surface area contributed by atoms with Gasteiger partial charge in [0.15, 0.2) is 11.0 Å². The lowest BCUT2D eigenvalue weighted by atomic mass is 9.88. The number of carbonyl (C=O) groups excluding carboxylic acids is 1. The number of methoxy groups -OCH3 is 1. The molecule has 0 aliphatic heterocycles. The smallest absolute Gasteiger partial charge is 0.230 e. The molecule has 3 aromatic carbocycles. The lowest BCUT2D eigenvalue weighted by Gasteiger charge is -2.26. The van der Waals surface area contributed by atoms with Gasteiger partial charge in [0.2, 0.25) is 5.91 Å². The highest BCUT2D eigenvalue weighted by molar-refractivity contribution is 7.99. The predicted molar refractivity (Wildman–Crippen MR) is 143 cm³/mol. The van der Waals surface area contributed by atoms with Gasteiger partial charge in [0.25, 0.3) is 0 Å². The van der Waals surface area contributed by atoms with Crippen molar-refractivity contribution < 1.29 is 9.53 Å². The number of thioether (sulfide) groups is 1. The summed E-state index contributed by atoms with van der Waals surface area (Å²) in [7, 11) is 1.66. The lowest BCUT2D eigenvalue weighted by Crippen LogP contribution is -2.32. The average Bonchev–Trinajstić information content (AvgIpc) is 3.34. The number of nitrogens with one attached hydrogen (secondary N) is 1. The maximum atomic E-state index is 13.0. The second-order valence-corrected chi connectivity index (χ2v) is 9.84. The van der Waals surface area contributed by atoms with Gasteiger partial charge in [-0.25, -0.2) is 0 Å². The van der Waals surface area contributed by atoms with Crippen LogP contribution in [0.4, 0.5) is 0 Å². The number of hydrogen-bond donors (Lipinski definition) is 1. The molecular weight excluding hydrogens is 468 g/mol. The number of rotatable bonds is 9. The molecule has 1 atom stereocenters. The van der Waals surface area contributed by atoms with E-state index in [0.717, 1.165) is 48.0 Å². The summed E-state index contributed by atoms with van der Waals surface area (Å²) >= 11 is 1.43. The van der Waals surface area contributed by atoms with Gasteiger partial charge in [-0.05, 0) is 54.5 Å². The van der Waals surface area contributed by atoms with Crippen molar-refractivity contribution in [3.05, 3.63) is 95.6 Å². The highest BCUT2D eigenvalue weighted by Gasteiger charge is 2.23. The number of aryl methyl sites for hydroxylation is 2. The van der Waals surface area contributed by atoms with E-state index in [9.17, 15) is 4.79 Å². The van der Waals surface area contributed by atoms with Gasteiger partial charge < -0.3 is 14.6 Å². The van der Waals surface area contributed by atoms with Crippen LogP contribution in [0.2, 0.25) is 0 Å². The fourth-order valence-corrected chi connectivity index (χ4v) is 5.56. The molecule has 5 rings (SSSR count). The van der Waals surface area contributed by atoms with Crippen LogP contribution >= 0.6 is 11.8 Å². The van der Waals surface area contributed by atoms with Gasteiger partial charge in [-0.15, -0.1) is 10.2 Å². The molecule has 0 bridgehead atoms. The number of para-hydroxylation sites is 1. The van der Waals surface area contributed by atoms with Gasteiger partial charge >= 0.3 is 0 Å². The van der Waals surface area contributed by atoms with E-state index in [4.69, 9.17) is 4.74 Å². The van der Waals surface area contributed by atoms with Gasteiger partial charge in [0, 0.05) is 6.54 Å². The van der Waals surface area contributed by atoms with E-state index >= 15 is 0 Å². The molecule has 0 radical (unpaired) electrons. The first-order valence-corrected chi connectivity index (χ1v) is 13.3. The summed E-state index contributed by atoms with van der Waals surface area (Å²) < 4.78 is 7.68. The molecule has 184 valence electrons. The Balaban J connectivity index is 1.33. The Labute approximate surface area is 216 Å². The van der Waals surface area contributed by atoms with Gasteiger partial charge in [-0.2, -0.15) is 0 Å². The van der Waals surface area contributed by atoms with Crippen LogP contribution in [-0.4, -0.2) is 33.5 Å². The summed E-state index contributed by atoms with van der Waals surface area (Å²) in [5.74, 6) is 1.79. The first kappa shape index (κ1) is 24.1. The monoisotopic (exact) mass is 498 g/mol. The van der Waals surface area contributed by atoms with Crippen LogP contribution in [-0.2, 0) is 24.2 Å². The number of carbonyl (C=O) groups is 1. The number of nitrogens with zero attached hydrogens (tertiary/aromatic N) is 3. The van der Waals surface area contributed by atoms with Crippen molar-refractivity contribution in [3.63, 3.8) is 0 Å². The van der Waals surface area contributed by atoms with Crippen LogP contribution in [0.25, 0.3) is 11.4 Å².